The molecule has 2 aromatic carbocycles. The number of fused-ring (bicyclic) bond motifs is 1. The molecular weight excluding hydrogens is 316 g/mol. The van der Waals surface area contributed by atoms with E-state index in [9.17, 15) is 14.4 Å². The molecule has 0 saturated heterocycles. The van der Waals surface area contributed by atoms with Crippen LogP contribution in [0.3, 0.4) is 0 Å². The van der Waals surface area contributed by atoms with Crippen LogP contribution in [0.1, 0.15) is 37.9 Å². The fourth-order valence-corrected chi connectivity index (χ4v) is 3.53. The molecule has 124 valence electrons. The van der Waals surface area contributed by atoms with Gasteiger partial charge in [0.1, 0.15) is 5.92 Å². The van der Waals surface area contributed by atoms with Gasteiger partial charge in [-0.2, -0.15) is 0 Å². The highest BCUT2D eigenvalue weighted by Gasteiger charge is 2.42. The topological polar surface area (TPSA) is 61.1 Å². The van der Waals surface area contributed by atoms with Crippen molar-refractivity contribution in [2.45, 2.75) is 12.8 Å². The number of nitrogens with zero attached hydrogens (tertiary/aromatic N) is 2. The van der Waals surface area contributed by atoms with E-state index in [2.05, 4.69) is 0 Å². The SMILES string of the molecule is Cc1c(C2C(=O)c3ccccc3C2=O)c(=O)n(-c2ccccc2)n1C. The van der Waals surface area contributed by atoms with Crippen LogP contribution in [0.4, 0.5) is 0 Å². The highest BCUT2D eigenvalue weighted by Crippen LogP contribution is 2.34. The third-order valence-electron chi connectivity index (χ3n) is 4.87. The summed E-state index contributed by atoms with van der Waals surface area (Å²) < 4.78 is 3.19. The molecule has 0 aliphatic heterocycles. The minimum absolute atomic E-state index is 0.262. The van der Waals surface area contributed by atoms with Crippen LogP contribution in [0.15, 0.2) is 59.4 Å². The summed E-state index contributed by atoms with van der Waals surface area (Å²) in [5.74, 6) is -1.65. The van der Waals surface area contributed by atoms with Crippen molar-refractivity contribution in [1.82, 2.24) is 9.36 Å². The van der Waals surface area contributed by atoms with Crippen LogP contribution in [0, 0.1) is 6.92 Å². The van der Waals surface area contributed by atoms with E-state index in [4.69, 9.17) is 0 Å². The second-order valence-electron chi connectivity index (χ2n) is 6.18. The van der Waals surface area contributed by atoms with Gasteiger partial charge >= 0.3 is 0 Å². The van der Waals surface area contributed by atoms with Gasteiger partial charge in [-0.05, 0) is 19.1 Å². The van der Waals surface area contributed by atoms with Crippen LogP contribution in [-0.4, -0.2) is 20.9 Å². The van der Waals surface area contributed by atoms with Gasteiger partial charge in [-0.3, -0.25) is 19.1 Å². The molecule has 1 aliphatic rings. The van der Waals surface area contributed by atoms with Crippen molar-refractivity contribution in [3.05, 3.63) is 87.3 Å². The fourth-order valence-electron chi connectivity index (χ4n) is 3.53. The van der Waals surface area contributed by atoms with Gasteiger partial charge in [0.25, 0.3) is 5.56 Å². The lowest BCUT2D eigenvalue weighted by Gasteiger charge is -2.07. The maximum absolute atomic E-state index is 13.1. The molecule has 0 radical (unpaired) electrons. The molecule has 0 atom stereocenters. The van der Waals surface area contributed by atoms with Crippen LogP contribution in [0.2, 0.25) is 0 Å². The fraction of sp³-hybridized carbons (Fsp3) is 0.150. The summed E-state index contributed by atoms with van der Waals surface area (Å²) >= 11 is 0. The van der Waals surface area contributed by atoms with Crippen molar-refractivity contribution >= 4 is 11.6 Å². The number of para-hydroxylation sites is 1. The van der Waals surface area contributed by atoms with E-state index < -0.39 is 5.92 Å². The van der Waals surface area contributed by atoms with E-state index in [0.29, 0.717) is 22.5 Å². The van der Waals surface area contributed by atoms with Crippen molar-refractivity contribution < 1.29 is 9.59 Å². The molecule has 5 heteroatoms. The highest BCUT2D eigenvalue weighted by atomic mass is 16.2. The van der Waals surface area contributed by atoms with Crippen LogP contribution in [0.25, 0.3) is 5.69 Å². The summed E-state index contributed by atoms with van der Waals surface area (Å²) in [5, 5.41) is 0. The molecule has 0 unspecified atom stereocenters. The maximum Gasteiger partial charge on any atom is 0.276 e. The Balaban J connectivity index is 1.93. The monoisotopic (exact) mass is 332 g/mol. The third-order valence-corrected chi connectivity index (χ3v) is 4.87. The molecule has 0 N–H and O–H groups in total. The molecule has 0 bridgehead atoms. The van der Waals surface area contributed by atoms with Gasteiger partial charge in [-0.15, -0.1) is 0 Å². The van der Waals surface area contributed by atoms with Crippen LogP contribution < -0.4 is 5.56 Å². The Hall–Kier alpha value is -3.21. The minimum Gasteiger partial charge on any atom is -0.293 e. The predicted octanol–water partition coefficient (Wildman–Crippen LogP) is 2.65. The van der Waals surface area contributed by atoms with Crippen molar-refractivity contribution in [3.8, 4) is 5.69 Å². The number of hydrogen-bond donors (Lipinski definition) is 0. The number of benzene rings is 2. The van der Waals surface area contributed by atoms with Gasteiger partial charge in [0.05, 0.1) is 11.3 Å². The van der Waals surface area contributed by atoms with Crippen molar-refractivity contribution in [2.24, 2.45) is 7.05 Å². The lowest BCUT2D eigenvalue weighted by atomic mass is 9.94. The zero-order chi connectivity index (χ0) is 17.7. The average Bonchev–Trinajstić information content (AvgIpc) is 3.00. The Labute approximate surface area is 144 Å². The Morgan fingerprint density at radius 2 is 1.32 bits per heavy atom. The highest BCUT2D eigenvalue weighted by molar-refractivity contribution is 6.29. The van der Waals surface area contributed by atoms with E-state index in [1.807, 2.05) is 30.3 Å². The van der Waals surface area contributed by atoms with Gasteiger partial charge in [-0.25, -0.2) is 4.68 Å². The normalized spacial score (nSPS) is 14.2. The first kappa shape index (κ1) is 15.3. The first-order valence-corrected chi connectivity index (χ1v) is 8.03. The van der Waals surface area contributed by atoms with E-state index in [1.54, 1.807) is 42.9 Å². The standard InChI is InChI=1S/C20H16N2O3/c1-12-16(17-18(23)14-10-6-7-11-15(14)19(17)24)20(25)22(21(12)2)13-8-4-3-5-9-13/h3-11,17H,1-2H3. The van der Waals surface area contributed by atoms with Crippen molar-refractivity contribution in [3.63, 3.8) is 0 Å². The van der Waals surface area contributed by atoms with Gasteiger partial charge in [0.2, 0.25) is 0 Å². The Morgan fingerprint density at radius 1 is 0.800 bits per heavy atom. The molecule has 3 aromatic rings. The molecular formula is C20H16N2O3. The van der Waals surface area contributed by atoms with Crippen LogP contribution >= 0.6 is 0 Å². The zero-order valence-corrected chi connectivity index (χ0v) is 13.9. The first-order chi connectivity index (χ1) is 12.0. The lowest BCUT2D eigenvalue weighted by molar-refractivity contribution is 0.0889. The van der Waals surface area contributed by atoms with Crippen LogP contribution in [0.5, 0.6) is 0 Å². The van der Waals surface area contributed by atoms with Gasteiger partial charge in [0.15, 0.2) is 11.6 Å². The summed E-state index contributed by atoms with van der Waals surface area (Å²) in [6.45, 7) is 1.76. The number of hydrogen-bond acceptors (Lipinski definition) is 3. The number of Topliss-reactive ketones (excluding diaryl/α,β-unsaturated/α-hetero) is 2. The van der Waals surface area contributed by atoms with Gasteiger partial charge < -0.3 is 0 Å². The Morgan fingerprint density at radius 3 is 1.88 bits per heavy atom. The number of carbonyl (C=O) groups is 2. The van der Waals surface area contributed by atoms with Gasteiger partial charge in [0, 0.05) is 23.9 Å². The Bertz CT molecular complexity index is 1040. The number of ketones is 2. The summed E-state index contributed by atoms with van der Waals surface area (Å²) in [7, 11) is 1.75. The second kappa shape index (κ2) is 5.41. The number of carbonyl (C=O) groups excluding carboxylic acids is 2. The molecule has 1 aliphatic carbocycles. The largest absolute Gasteiger partial charge is 0.293 e. The molecule has 0 spiro atoms. The molecule has 25 heavy (non-hydrogen) atoms. The van der Waals surface area contributed by atoms with E-state index in [1.165, 1.54) is 4.68 Å². The average molecular weight is 332 g/mol. The molecule has 5 nitrogen and oxygen atoms in total. The van der Waals surface area contributed by atoms with Gasteiger partial charge in [-0.1, -0.05) is 42.5 Å². The molecule has 0 fully saturated rings. The summed E-state index contributed by atoms with van der Waals surface area (Å²) in [4.78, 5) is 38.7. The Kier molecular flexibility index (Phi) is 3.32. The molecule has 4 rings (SSSR count). The van der Waals surface area contributed by atoms with E-state index >= 15 is 0 Å². The predicted molar refractivity (Wildman–Crippen MR) is 93.6 cm³/mol. The smallest absolute Gasteiger partial charge is 0.276 e. The van der Waals surface area contributed by atoms with Crippen molar-refractivity contribution in [2.75, 3.05) is 0 Å². The lowest BCUT2D eigenvalue weighted by Crippen LogP contribution is -2.25. The van der Waals surface area contributed by atoms with E-state index in [-0.39, 0.29) is 22.7 Å². The first-order valence-electron chi connectivity index (χ1n) is 8.03. The quantitative estimate of drug-likeness (QED) is 0.678. The molecule has 0 saturated carbocycles. The summed E-state index contributed by atoms with van der Waals surface area (Å²) in [6, 6.07) is 15.9. The molecule has 1 heterocycles. The summed E-state index contributed by atoms with van der Waals surface area (Å²) in [6.07, 6.45) is 0. The van der Waals surface area contributed by atoms with Crippen LogP contribution in [-0.2, 0) is 7.05 Å². The maximum atomic E-state index is 13.1. The molecule has 1 aromatic heterocycles. The third kappa shape index (κ3) is 2.05. The zero-order valence-electron chi connectivity index (χ0n) is 13.9. The number of aromatic nitrogens is 2. The van der Waals surface area contributed by atoms with Crippen molar-refractivity contribution in [1.29, 1.82) is 0 Å². The summed E-state index contributed by atoms with van der Waals surface area (Å²) in [5.41, 5.74) is 2.04. The van der Waals surface area contributed by atoms with E-state index in [0.717, 1.165) is 0 Å². The number of rotatable bonds is 2. The minimum atomic E-state index is -1.05. The molecule has 0 amide bonds. The second-order valence-corrected chi connectivity index (χ2v) is 6.18.